The molecule has 0 atom stereocenters. The van der Waals surface area contributed by atoms with Crippen LogP contribution in [-0.4, -0.2) is 25.8 Å². The van der Waals surface area contributed by atoms with E-state index >= 15 is 0 Å². The molecule has 0 spiro atoms. The summed E-state index contributed by atoms with van der Waals surface area (Å²) >= 11 is 0. The van der Waals surface area contributed by atoms with E-state index in [9.17, 15) is 13.2 Å². The molecule has 7 heteroatoms. The number of rotatable bonds is 10. The van der Waals surface area contributed by atoms with E-state index in [-0.39, 0.29) is 17.4 Å². The van der Waals surface area contributed by atoms with Gasteiger partial charge in [0.25, 0.3) is 15.9 Å². The van der Waals surface area contributed by atoms with Crippen LogP contribution in [0, 0.1) is 13.8 Å². The van der Waals surface area contributed by atoms with E-state index in [1.54, 1.807) is 29.2 Å². The van der Waals surface area contributed by atoms with Gasteiger partial charge in [0, 0.05) is 18.8 Å². The minimum Gasteiger partial charge on any atom is -0.484 e. The van der Waals surface area contributed by atoms with Crippen LogP contribution < -0.4 is 9.46 Å². The van der Waals surface area contributed by atoms with Gasteiger partial charge in [-0.2, -0.15) is 0 Å². The van der Waals surface area contributed by atoms with E-state index in [0.29, 0.717) is 24.5 Å². The van der Waals surface area contributed by atoms with Crippen molar-refractivity contribution in [1.29, 1.82) is 0 Å². The number of benzene rings is 4. The number of amides is 1. The van der Waals surface area contributed by atoms with E-state index in [1.165, 1.54) is 12.1 Å². The number of nitrogens with one attached hydrogen (secondary N) is 1. The van der Waals surface area contributed by atoms with Crippen molar-refractivity contribution in [3.8, 4) is 5.75 Å². The molecule has 37 heavy (non-hydrogen) atoms. The highest BCUT2D eigenvalue weighted by Gasteiger charge is 2.17. The summed E-state index contributed by atoms with van der Waals surface area (Å²) in [6.45, 7) is 4.66. The average molecular weight is 515 g/mol. The molecule has 4 aromatic carbocycles. The lowest BCUT2D eigenvalue weighted by atomic mass is 10.1. The predicted octanol–water partition coefficient (Wildman–Crippen LogP) is 5.71. The van der Waals surface area contributed by atoms with Crippen molar-refractivity contribution >= 4 is 21.6 Å². The minimum atomic E-state index is -3.75. The molecule has 0 bridgehead atoms. The molecule has 0 aliphatic heterocycles. The van der Waals surface area contributed by atoms with Crippen LogP contribution in [0.5, 0.6) is 5.75 Å². The van der Waals surface area contributed by atoms with Crippen LogP contribution in [0.3, 0.4) is 0 Å². The van der Waals surface area contributed by atoms with E-state index in [2.05, 4.69) is 4.72 Å². The summed E-state index contributed by atoms with van der Waals surface area (Å²) < 4.78 is 33.9. The van der Waals surface area contributed by atoms with Gasteiger partial charge in [-0.25, -0.2) is 8.42 Å². The first kappa shape index (κ1) is 26.0. The van der Waals surface area contributed by atoms with Crippen molar-refractivity contribution < 1.29 is 17.9 Å². The first-order chi connectivity index (χ1) is 17.8. The van der Waals surface area contributed by atoms with Gasteiger partial charge >= 0.3 is 0 Å². The third kappa shape index (κ3) is 7.21. The van der Waals surface area contributed by atoms with Gasteiger partial charge in [0.2, 0.25) is 0 Å². The van der Waals surface area contributed by atoms with Crippen LogP contribution in [0.1, 0.15) is 22.3 Å². The van der Waals surface area contributed by atoms with Crippen molar-refractivity contribution in [3.63, 3.8) is 0 Å². The van der Waals surface area contributed by atoms with Gasteiger partial charge in [-0.3, -0.25) is 9.52 Å². The van der Waals surface area contributed by atoms with E-state index < -0.39 is 10.0 Å². The molecular formula is C30H30N2O4S. The smallest absolute Gasteiger partial charge is 0.261 e. The van der Waals surface area contributed by atoms with Gasteiger partial charge in [0.05, 0.1) is 4.90 Å². The Morgan fingerprint density at radius 2 is 1.32 bits per heavy atom. The number of anilines is 1. The molecule has 1 amide bonds. The highest BCUT2D eigenvalue weighted by Crippen LogP contribution is 2.21. The van der Waals surface area contributed by atoms with Crippen molar-refractivity contribution in [3.05, 3.63) is 125 Å². The van der Waals surface area contributed by atoms with Gasteiger partial charge in [-0.15, -0.1) is 0 Å². The predicted molar refractivity (Wildman–Crippen MR) is 146 cm³/mol. The zero-order valence-corrected chi connectivity index (χ0v) is 21.7. The van der Waals surface area contributed by atoms with Crippen LogP contribution in [0.2, 0.25) is 0 Å². The molecule has 6 nitrogen and oxygen atoms in total. The number of sulfonamides is 1. The van der Waals surface area contributed by atoms with Crippen LogP contribution in [0.4, 0.5) is 5.69 Å². The summed E-state index contributed by atoms with van der Waals surface area (Å²) in [6.07, 6.45) is 0. The first-order valence-corrected chi connectivity index (χ1v) is 13.5. The van der Waals surface area contributed by atoms with Crippen LogP contribution in [-0.2, 0) is 27.9 Å². The molecule has 0 aromatic heterocycles. The zero-order valence-electron chi connectivity index (χ0n) is 20.9. The molecule has 0 aliphatic carbocycles. The fraction of sp³-hybridized carbons (Fsp3) is 0.167. The van der Waals surface area contributed by atoms with E-state index in [0.717, 1.165) is 22.3 Å². The Morgan fingerprint density at radius 1 is 0.757 bits per heavy atom. The third-order valence-corrected chi connectivity index (χ3v) is 7.44. The fourth-order valence-corrected chi connectivity index (χ4v) is 4.86. The number of carbonyl (C=O) groups is 1. The SMILES string of the molecule is Cc1ccc(NS(=O)(=O)c2ccc(OCC(=O)N(Cc3ccccc3)Cc3ccccc3)cc2)cc1C. The molecule has 0 saturated carbocycles. The zero-order chi connectivity index (χ0) is 26.3. The van der Waals surface area contributed by atoms with Gasteiger partial charge < -0.3 is 9.64 Å². The Kier molecular flexibility index (Phi) is 8.25. The van der Waals surface area contributed by atoms with Gasteiger partial charge in [0.15, 0.2) is 6.61 Å². The number of hydrogen-bond acceptors (Lipinski definition) is 4. The topological polar surface area (TPSA) is 75.7 Å². The van der Waals surface area contributed by atoms with Gasteiger partial charge in [-0.1, -0.05) is 66.7 Å². The number of ether oxygens (including phenoxy) is 1. The summed E-state index contributed by atoms with van der Waals surface area (Å²) in [4.78, 5) is 15.0. The molecule has 0 fully saturated rings. The second-order valence-corrected chi connectivity index (χ2v) is 10.6. The van der Waals surface area contributed by atoms with Crippen molar-refractivity contribution in [2.75, 3.05) is 11.3 Å². The summed E-state index contributed by atoms with van der Waals surface area (Å²) in [6, 6.07) is 31.1. The maximum Gasteiger partial charge on any atom is 0.261 e. The largest absolute Gasteiger partial charge is 0.484 e. The molecule has 4 aromatic rings. The number of nitrogens with zero attached hydrogens (tertiary/aromatic N) is 1. The normalized spacial score (nSPS) is 11.1. The molecule has 1 N–H and O–H groups in total. The van der Waals surface area contributed by atoms with Gasteiger partial charge in [0.1, 0.15) is 5.75 Å². The maximum absolute atomic E-state index is 13.1. The number of carbonyl (C=O) groups excluding carboxylic acids is 1. The van der Waals surface area contributed by atoms with Crippen molar-refractivity contribution in [2.45, 2.75) is 31.8 Å². The minimum absolute atomic E-state index is 0.110. The monoisotopic (exact) mass is 514 g/mol. The molecule has 0 heterocycles. The molecule has 0 radical (unpaired) electrons. The Hall–Kier alpha value is -4.10. The molecular weight excluding hydrogens is 484 g/mol. The Labute approximate surface area is 218 Å². The summed E-state index contributed by atoms with van der Waals surface area (Å²) in [7, 11) is -3.75. The molecule has 0 saturated heterocycles. The summed E-state index contributed by atoms with van der Waals surface area (Å²) in [5.41, 5.74) is 4.65. The maximum atomic E-state index is 13.1. The van der Waals surface area contributed by atoms with Crippen LogP contribution in [0.15, 0.2) is 108 Å². The molecule has 0 aliphatic rings. The Bertz CT molecular complexity index is 1400. The number of hydrogen-bond donors (Lipinski definition) is 1. The fourth-order valence-electron chi connectivity index (χ4n) is 3.81. The standard InChI is InChI=1S/C30H30N2O4S/c1-23-13-14-27(19-24(23)2)31-37(34,35)29-17-15-28(16-18-29)36-22-30(33)32(20-25-9-5-3-6-10-25)21-26-11-7-4-8-12-26/h3-19,31H,20-22H2,1-2H3. The second-order valence-electron chi connectivity index (χ2n) is 8.89. The van der Waals surface area contributed by atoms with E-state index in [4.69, 9.17) is 4.74 Å². The van der Waals surface area contributed by atoms with Crippen LogP contribution >= 0.6 is 0 Å². The lowest BCUT2D eigenvalue weighted by Crippen LogP contribution is -2.34. The quantitative estimate of drug-likeness (QED) is 0.294. The van der Waals surface area contributed by atoms with Gasteiger partial charge in [-0.05, 0) is 72.5 Å². The van der Waals surface area contributed by atoms with Crippen LogP contribution in [0.25, 0.3) is 0 Å². The highest BCUT2D eigenvalue weighted by molar-refractivity contribution is 7.92. The second kappa shape index (κ2) is 11.8. The molecule has 4 rings (SSSR count). The summed E-state index contributed by atoms with van der Waals surface area (Å²) in [5, 5.41) is 0. The lowest BCUT2D eigenvalue weighted by Gasteiger charge is -2.23. The Balaban J connectivity index is 1.40. The van der Waals surface area contributed by atoms with Crippen molar-refractivity contribution in [1.82, 2.24) is 4.90 Å². The first-order valence-electron chi connectivity index (χ1n) is 12.0. The summed E-state index contributed by atoms with van der Waals surface area (Å²) in [5.74, 6) is 0.249. The molecule has 190 valence electrons. The Morgan fingerprint density at radius 3 is 1.86 bits per heavy atom. The third-order valence-electron chi connectivity index (χ3n) is 6.04. The number of aryl methyl sites for hydroxylation is 2. The average Bonchev–Trinajstić information content (AvgIpc) is 2.90. The lowest BCUT2D eigenvalue weighted by molar-refractivity contribution is -0.134. The molecule has 0 unspecified atom stereocenters. The highest BCUT2D eigenvalue weighted by atomic mass is 32.2. The van der Waals surface area contributed by atoms with E-state index in [1.807, 2.05) is 80.6 Å². The van der Waals surface area contributed by atoms with Crippen molar-refractivity contribution in [2.24, 2.45) is 0 Å².